The summed E-state index contributed by atoms with van der Waals surface area (Å²) in [6.45, 7) is 7.50. The maximum atomic E-state index is 12.8. The number of aryl methyl sites for hydroxylation is 1. The van der Waals surface area contributed by atoms with Gasteiger partial charge in [0.2, 0.25) is 10.0 Å². The molecule has 1 aromatic rings. The van der Waals surface area contributed by atoms with Gasteiger partial charge in [-0.05, 0) is 47.9 Å². The Balaban J connectivity index is 2.35. The van der Waals surface area contributed by atoms with Crippen LogP contribution in [0.3, 0.4) is 0 Å². The molecule has 0 aromatic heterocycles. The fourth-order valence-electron chi connectivity index (χ4n) is 3.18. The molecule has 1 aromatic carbocycles. The highest BCUT2D eigenvalue weighted by Gasteiger charge is 2.31. The number of hydrogen-bond donors (Lipinski definition) is 0. The largest absolute Gasteiger partial charge is 0.243 e. The fourth-order valence-corrected chi connectivity index (χ4v) is 5.16. The van der Waals surface area contributed by atoms with Crippen molar-refractivity contribution < 1.29 is 8.42 Å². The molecule has 2 atom stereocenters. The third-order valence-corrected chi connectivity index (χ3v) is 6.29. The summed E-state index contributed by atoms with van der Waals surface area (Å²) in [5, 5.41) is 0. The molecular formula is C16H24ClNO2S. The van der Waals surface area contributed by atoms with Crippen LogP contribution in [0.4, 0.5) is 0 Å². The fraction of sp³-hybridized carbons (Fsp3) is 0.625. The minimum Gasteiger partial charge on any atom is -0.207 e. The van der Waals surface area contributed by atoms with Gasteiger partial charge in [-0.25, -0.2) is 8.42 Å². The number of halogens is 1. The Kier molecular flexibility index (Phi) is 5.33. The van der Waals surface area contributed by atoms with E-state index in [0.29, 0.717) is 35.7 Å². The number of piperidine rings is 1. The number of rotatable bonds is 4. The lowest BCUT2D eigenvalue weighted by Crippen LogP contribution is -2.42. The lowest BCUT2D eigenvalue weighted by molar-refractivity contribution is 0.222. The molecule has 1 aliphatic rings. The van der Waals surface area contributed by atoms with Gasteiger partial charge in [0.05, 0.1) is 4.90 Å². The molecule has 0 aliphatic carbocycles. The first-order valence-corrected chi connectivity index (χ1v) is 9.53. The van der Waals surface area contributed by atoms with Gasteiger partial charge in [0, 0.05) is 19.0 Å². The Morgan fingerprint density at radius 1 is 1.19 bits per heavy atom. The lowest BCUT2D eigenvalue weighted by Gasteiger charge is -2.34. The summed E-state index contributed by atoms with van der Waals surface area (Å²) in [5.74, 6) is 1.16. The summed E-state index contributed by atoms with van der Waals surface area (Å²) in [7, 11) is -3.41. The maximum absolute atomic E-state index is 12.8. The van der Waals surface area contributed by atoms with E-state index >= 15 is 0 Å². The van der Waals surface area contributed by atoms with Crippen LogP contribution >= 0.6 is 11.6 Å². The topological polar surface area (TPSA) is 37.4 Å². The van der Waals surface area contributed by atoms with Gasteiger partial charge < -0.3 is 0 Å². The van der Waals surface area contributed by atoms with Gasteiger partial charge in [0.15, 0.2) is 0 Å². The minimum atomic E-state index is -3.41. The van der Waals surface area contributed by atoms with Gasteiger partial charge in [0.25, 0.3) is 0 Å². The zero-order valence-corrected chi connectivity index (χ0v) is 14.5. The van der Waals surface area contributed by atoms with E-state index < -0.39 is 10.0 Å². The zero-order chi connectivity index (χ0) is 15.6. The molecule has 1 heterocycles. The standard InChI is InChI=1S/C16H24ClNO2S/c1-4-14-5-6-16(8-15(14)9-17)21(19,20)18-10-12(2)7-13(3)11-18/h5-6,8,12-13H,4,7,9-11H2,1-3H3. The highest BCUT2D eigenvalue weighted by molar-refractivity contribution is 7.89. The lowest BCUT2D eigenvalue weighted by atomic mass is 9.94. The average Bonchev–Trinajstić information content (AvgIpc) is 2.45. The van der Waals surface area contributed by atoms with Gasteiger partial charge in [-0.3, -0.25) is 0 Å². The van der Waals surface area contributed by atoms with Crippen LogP contribution < -0.4 is 0 Å². The summed E-state index contributed by atoms with van der Waals surface area (Å²) in [5.41, 5.74) is 2.03. The normalized spacial score (nSPS) is 24.2. The first kappa shape index (κ1) is 16.8. The number of alkyl halides is 1. The van der Waals surface area contributed by atoms with Crippen molar-refractivity contribution in [3.8, 4) is 0 Å². The van der Waals surface area contributed by atoms with Crippen molar-refractivity contribution in [2.45, 2.75) is 44.4 Å². The predicted octanol–water partition coefficient (Wildman–Crippen LogP) is 3.65. The molecule has 1 fully saturated rings. The molecule has 0 bridgehead atoms. The van der Waals surface area contributed by atoms with Gasteiger partial charge >= 0.3 is 0 Å². The molecule has 2 unspecified atom stereocenters. The molecule has 0 radical (unpaired) electrons. The van der Waals surface area contributed by atoms with E-state index in [4.69, 9.17) is 11.6 Å². The van der Waals surface area contributed by atoms with E-state index in [1.165, 1.54) is 0 Å². The second-order valence-corrected chi connectivity index (χ2v) is 8.39. The SMILES string of the molecule is CCc1ccc(S(=O)(=O)N2CC(C)CC(C)C2)cc1CCl. The molecule has 0 saturated carbocycles. The summed E-state index contributed by atoms with van der Waals surface area (Å²) in [6.07, 6.45) is 1.95. The van der Waals surface area contributed by atoms with Crippen LogP contribution in [0.25, 0.3) is 0 Å². The van der Waals surface area contributed by atoms with Crippen molar-refractivity contribution in [2.24, 2.45) is 11.8 Å². The van der Waals surface area contributed by atoms with Crippen LogP contribution in [-0.2, 0) is 22.3 Å². The van der Waals surface area contributed by atoms with Crippen LogP contribution in [-0.4, -0.2) is 25.8 Å². The minimum absolute atomic E-state index is 0.347. The first-order valence-electron chi connectivity index (χ1n) is 7.56. The second kappa shape index (κ2) is 6.67. The quantitative estimate of drug-likeness (QED) is 0.791. The Morgan fingerprint density at radius 3 is 2.33 bits per heavy atom. The van der Waals surface area contributed by atoms with Gasteiger partial charge in [-0.15, -0.1) is 11.6 Å². The van der Waals surface area contributed by atoms with E-state index in [9.17, 15) is 8.42 Å². The van der Waals surface area contributed by atoms with Crippen molar-refractivity contribution in [3.05, 3.63) is 29.3 Å². The van der Waals surface area contributed by atoms with Crippen molar-refractivity contribution in [3.63, 3.8) is 0 Å². The third-order valence-electron chi connectivity index (χ3n) is 4.18. The Labute approximate surface area is 133 Å². The molecule has 118 valence electrons. The van der Waals surface area contributed by atoms with Crippen LogP contribution in [0.5, 0.6) is 0 Å². The maximum Gasteiger partial charge on any atom is 0.243 e. The molecule has 21 heavy (non-hydrogen) atoms. The smallest absolute Gasteiger partial charge is 0.207 e. The molecule has 1 aliphatic heterocycles. The van der Waals surface area contributed by atoms with Crippen LogP contribution in [0, 0.1) is 11.8 Å². The highest BCUT2D eigenvalue weighted by atomic mass is 35.5. The van der Waals surface area contributed by atoms with Crippen molar-refractivity contribution in [1.29, 1.82) is 0 Å². The summed E-state index contributed by atoms with van der Waals surface area (Å²) >= 11 is 5.96. The molecule has 1 saturated heterocycles. The van der Waals surface area contributed by atoms with E-state index in [0.717, 1.165) is 24.0 Å². The highest BCUT2D eigenvalue weighted by Crippen LogP contribution is 2.28. The monoisotopic (exact) mass is 329 g/mol. The van der Waals surface area contributed by atoms with E-state index in [1.807, 2.05) is 13.0 Å². The Bertz CT molecular complexity index is 590. The van der Waals surface area contributed by atoms with Gasteiger partial charge in [0.1, 0.15) is 0 Å². The molecule has 0 amide bonds. The van der Waals surface area contributed by atoms with Crippen LogP contribution in [0.1, 0.15) is 38.3 Å². The Hall–Kier alpha value is -0.580. The van der Waals surface area contributed by atoms with Crippen molar-refractivity contribution >= 4 is 21.6 Å². The van der Waals surface area contributed by atoms with E-state index in [-0.39, 0.29) is 0 Å². The van der Waals surface area contributed by atoms with E-state index in [1.54, 1.807) is 16.4 Å². The third kappa shape index (κ3) is 3.61. The molecule has 5 heteroatoms. The van der Waals surface area contributed by atoms with Crippen LogP contribution in [0.2, 0.25) is 0 Å². The molecule has 0 N–H and O–H groups in total. The summed E-state index contributed by atoms with van der Waals surface area (Å²) < 4.78 is 27.3. The molecule has 3 nitrogen and oxygen atoms in total. The average molecular weight is 330 g/mol. The second-order valence-electron chi connectivity index (χ2n) is 6.19. The number of sulfonamides is 1. The van der Waals surface area contributed by atoms with Crippen molar-refractivity contribution in [1.82, 2.24) is 4.31 Å². The van der Waals surface area contributed by atoms with Crippen LogP contribution in [0.15, 0.2) is 23.1 Å². The number of nitrogens with zero attached hydrogens (tertiary/aromatic N) is 1. The Morgan fingerprint density at radius 2 is 1.81 bits per heavy atom. The number of benzene rings is 1. The summed E-state index contributed by atoms with van der Waals surface area (Å²) in [4.78, 5) is 0.372. The predicted molar refractivity (Wildman–Crippen MR) is 87.1 cm³/mol. The van der Waals surface area contributed by atoms with Gasteiger partial charge in [-0.1, -0.05) is 26.8 Å². The molecular weight excluding hydrogens is 306 g/mol. The van der Waals surface area contributed by atoms with E-state index in [2.05, 4.69) is 13.8 Å². The molecule has 2 rings (SSSR count). The zero-order valence-electron chi connectivity index (χ0n) is 13.0. The summed E-state index contributed by atoms with van der Waals surface area (Å²) in [6, 6.07) is 5.35. The first-order chi connectivity index (χ1) is 9.88. The van der Waals surface area contributed by atoms with Gasteiger partial charge in [-0.2, -0.15) is 4.31 Å². The molecule has 0 spiro atoms. The van der Waals surface area contributed by atoms with Crippen molar-refractivity contribution in [2.75, 3.05) is 13.1 Å². The number of hydrogen-bond acceptors (Lipinski definition) is 2.